The van der Waals surface area contributed by atoms with E-state index in [-0.39, 0.29) is 11.7 Å². The Labute approximate surface area is 91.6 Å². The van der Waals surface area contributed by atoms with Crippen LogP contribution in [0.5, 0.6) is 0 Å². The highest BCUT2D eigenvalue weighted by Gasteiger charge is 2.48. The van der Waals surface area contributed by atoms with Crippen LogP contribution in [0.15, 0.2) is 0 Å². The number of alkyl carbamates (subject to hydrolysis) is 1. The summed E-state index contributed by atoms with van der Waals surface area (Å²) < 4.78 is 5.21. The molecular formula is C12H21NO2. The van der Waals surface area contributed by atoms with Gasteiger partial charge in [0, 0.05) is 6.04 Å². The van der Waals surface area contributed by atoms with Crippen LogP contribution in [0.1, 0.15) is 52.9 Å². The zero-order chi connectivity index (χ0) is 11.1. The van der Waals surface area contributed by atoms with E-state index in [1.54, 1.807) is 0 Å². The van der Waals surface area contributed by atoms with Crippen molar-refractivity contribution in [2.45, 2.75) is 64.5 Å². The van der Waals surface area contributed by atoms with Gasteiger partial charge < -0.3 is 10.1 Å². The Bertz CT molecular complexity index is 255. The molecule has 86 valence electrons. The number of hydrogen-bond donors (Lipinski definition) is 1. The molecule has 0 heterocycles. The van der Waals surface area contributed by atoms with Gasteiger partial charge in [0.25, 0.3) is 0 Å². The molecule has 2 fully saturated rings. The van der Waals surface area contributed by atoms with E-state index in [4.69, 9.17) is 4.74 Å². The van der Waals surface area contributed by atoms with E-state index in [9.17, 15) is 4.79 Å². The summed E-state index contributed by atoms with van der Waals surface area (Å²) in [6, 6.07) is 0.361. The predicted octanol–water partition coefficient (Wildman–Crippen LogP) is 2.84. The Morgan fingerprint density at radius 2 is 1.93 bits per heavy atom. The number of ether oxygens (including phenoxy) is 1. The number of hydrogen-bond acceptors (Lipinski definition) is 2. The van der Waals surface area contributed by atoms with E-state index < -0.39 is 0 Å². The third-order valence-corrected chi connectivity index (χ3v) is 3.49. The van der Waals surface area contributed by atoms with Gasteiger partial charge in [-0.2, -0.15) is 0 Å². The standard InChI is InChI=1S/C12H21NO2/c1-11(2,3)15-10(14)13-9-7-12(8-9)5-4-6-12/h9H,4-8H2,1-3H3,(H,13,14). The van der Waals surface area contributed by atoms with E-state index in [1.807, 2.05) is 20.8 Å². The molecule has 0 atom stereocenters. The minimum absolute atomic E-state index is 0.262. The fourth-order valence-corrected chi connectivity index (χ4v) is 2.65. The second-order valence-corrected chi connectivity index (χ2v) is 6.10. The summed E-state index contributed by atoms with van der Waals surface area (Å²) in [4.78, 5) is 11.4. The first kappa shape index (κ1) is 10.8. The van der Waals surface area contributed by atoms with Gasteiger partial charge in [-0.25, -0.2) is 4.79 Å². The first-order chi connectivity index (χ1) is 6.89. The van der Waals surface area contributed by atoms with Gasteiger partial charge in [0.2, 0.25) is 0 Å². The number of amides is 1. The van der Waals surface area contributed by atoms with Gasteiger partial charge in [-0.1, -0.05) is 6.42 Å². The van der Waals surface area contributed by atoms with Crippen LogP contribution in [-0.4, -0.2) is 17.7 Å². The molecule has 0 aromatic heterocycles. The normalized spacial score (nSPS) is 24.2. The van der Waals surface area contributed by atoms with Crippen molar-refractivity contribution in [2.75, 3.05) is 0 Å². The van der Waals surface area contributed by atoms with E-state index >= 15 is 0 Å². The molecule has 15 heavy (non-hydrogen) atoms. The van der Waals surface area contributed by atoms with Crippen LogP contribution >= 0.6 is 0 Å². The van der Waals surface area contributed by atoms with Crippen molar-refractivity contribution >= 4 is 6.09 Å². The van der Waals surface area contributed by atoms with Crippen molar-refractivity contribution in [2.24, 2.45) is 5.41 Å². The highest BCUT2D eigenvalue weighted by atomic mass is 16.6. The van der Waals surface area contributed by atoms with Crippen LogP contribution in [0.25, 0.3) is 0 Å². The average molecular weight is 211 g/mol. The summed E-state index contributed by atoms with van der Waals surface area (Å²) in [5.74, 6) is 0. The quantitative estimate of drug-likeness (QED) is 0.724. The van der Waals surface area contributed by atoms with Crippen LogP contribution in [0.2, 0.25) is 0 Å². The van der Waals surface area contributed by atoms with Gasteiger partial charge in [0.1, 0.15) is 5.60 Å². The molecule has 1 spiro atoms. The van der Waals surface area contributed by atoms with Gasteiger partial charge in [0.15, 0.2) is 0 Å². The fourth-order valence-electron chi connectivity index (χ4n) is 2.65. The van der Waals surface area contributed by atoms with E-state index in [0.29, 0.717) is 11.5 Å². The molecule has 3 nitrogen and oxygen atoms in total. The zero-order valence-electron chi connectivity index (χ0n) is 9.93. The highest BCUT2D eigenvalue weighted by molar-refractivity contribution is 5.68. The molecule has 1 N–H and O–H groups in total. The van der Waals surface area contributed by atoms with Crippen molar-refractivity contribution < 1.29 is 9.53 Å². The van der Waals surface area contributed by atoms with E-state index in [0.717, 1.165) is 12.8 Å². The minimum atomic E-state index is -0.387. The Morgan fingerprint density at radius 1 is 1.33 bits per heavy atom. The Kier molecular flexibility index (Phi) is 2.44. The lowest BCUT2D eigenvalue weighted by atomic mass is 9.54. The molecule has 0 aliphatic heterocycles. The molecular weight excluding hydrogens is 190 g/mol. The summed E-state index contributed by atoms with van der Waals surface area (Å²) in [5, 5.41) is 2.94. The predicted molar refractivity (Wildman–Crippen MR) is 58.7 cm³/mol. The van der Waals surface area contributed by atoms with Crippen LogP contribution < -0.4 is 5.32 Å². The first-order valence-corrected chi connectivity index (χ1v) is 5.88. The van der Waals surface area contributed by atoms with Crippen LogP contribution in [0.4, 0.5) is 4.79 Å². The maximum absolute atomic E-state index is 11.4. The summed E-state index contributed by atoms with van der Waals surface area (Å²) in [6.07, 6.45) is 6.15. The van der Waals surface area contributed by atoms with Crippen molar-refractivity contribution in [1.82, 2.24) is 5.32 Å². The lowest BCUT2D eigenvalue weighted by Crippen LogP contribution is -2.54. The maximum atomic E-state index is 11.4. The molecule has 3 heteroatoms. The molecule has 0 aromatic carbocycles. The average Bonchev–Trinajstić information content (AvgIpc) is 1.87. The fraction of sp³-hybridized carbons (Fsp3) is 0.917. The number of carbonyl (C=O) groups is 1. The minimum Gasteiger partial charge on any atom is -0.444 e. The van der Waals surface area contributed by atoms with Gasteiger partial charge in [-0.15, -0.1) is 0 Å². The maximum Gasteiger partial charge on any atom is 0.407 e. The van der Waals surface area contributed by atoms with Crippen molar-refractivity contribution in [1.29, 1.82) is 0 Å². The first-order valence-electron chi connectivity index (χ1n) is 5.88. The topological polar surface area (TPSA) is 38.3 Å². The summed E-state index contributed by atoms with van der Waals surface area (Å²) in [7, 11) is 0. The number of rotatable bonds is 1. The molecule has 2 aliphatic carbocycles. The summed E-state index contributed by atoms with van der Waals surface area (Å²) in [5.41, 5.74) is 0.224. The Morgan fingerprint density at radius 3 is 2.33 bits per heavy atom. The van der Waals surface area contributed by atoms with Crippen LogP contribution in [0, 0.1) is 5.41 Å². The molecule has 1 amide bonds. The molecule has 2 rings (SSSR count). The summed E-state index contributed by atoms with van der Waals surface area (Å²) in [6.45, 7) is 5.67. The SMILES string of the molecule is CC(C)(C)OC(=O)NC1CC2(CCC2)C1. The summed E-state index contributed by atoms with van der Waals surface area (Å²) >= 11 is 0. The van der Waals surface area contributed by atoms with Crippen molar-refractivity contribution in [3.63, 3.8) is 0 Å². The van der Waals surface area contributed by atoms with Gasteiger partial charge in [-0.05, 0) is 51.9 Å². The Balaban J connectivity index is 1.68. The zero-order valence-corrected chi connectivity index (χ0v) is 9.93. The third-order valence-electron chi connectivity index (χ3n) is 3.49. The van der Waals surface area contributed by atoms with Crippen LogP contribution in [0.3, 0.4) is 0 Å². The molecule has 0 unspecified atom stereocenters. The highest BCUT2D eigenvalue weighted by Crippen LogP contribution is 2.55. The molecule has 2 saturated carbocycles. The lowest BCUT2D eigenvalue weighted by Gasteiger charge is -2.54. The largest absolute Gasteiger partial charge is 0.444 e. The molecule has 0 saturated heterocycles. The molecule has 0 aromatic rings. The van der Waals surface area contributed by atoms with E-state index in [1.165, 1.54) is 19.3 Å². The van der Waals surface area contributed by atoms with E-state index in [2.05, 4.69) is 5.32 Å². The van der Waals surface area contributed by atoms with Gasteiger partial charge in [-0.3, -0.25) is 0 Å². The van der Waals surface area contributed by atoms with Gasteiger partial charge >= 0.3 is 6.09 Å². The second-order valence-electron chi connectivity index (χ2n) is 6.10. The molecule has 2 aliphatic rings. The smallest absolute Gasteiger partial charge is 0.407 e. The van der Waals surface area contributed by atoms with Crippen LogP contribution in [-0.2, 0) is 4.74 Å². The Hall–Kier alpha value is -0.730. The molecule has 0 bridgehead atoms. The monoisotopic (exact) mass is 211 g/mol. The number of carbonyl (C=O) groups excluding carboxylic acids is 1. The second kappa shape index (κ2) is 3.39. The number of nitrogens with one attached hydrogen (secondary N) is 1. The lowest BCUT2D eigenvalue weighted by molar-refractivity contribution is -0.00993. The van der Waals surface area contributed by atoms with Crippen molar-refractivity contribution in [3.05, 3.63) is 0 Å². The third kappa shape index (κ3) is 2.44. The van der Waals surface area contributed by atoms with Crippen molar-refractivity contribution in [3.8, 4) is 0 Å². The van der Waals surface area contributed by atoms with Gasteiger partial charge in [0.05, 0.1) is 0 Å². The molecule has 0 radical (unpaired) electrons.